The molecule has 2 N–H and O–H groups in total. The SMILES string of the molecule is CCc1ccccc1OCC(=O)NNC(=O)CCc1cccnc1. The van der Waals surface area contributed by atoms with Crippen LogP contribution in [0.1, 0.15) is 24.5 Å². The lowest BCUT2D eigenvalue weighted by Gasteiger charge is -2.11. The van der Waals surface area contributed by atoms with E-state index in [0.717, 1.165) is 17.5 Å². The molecule has 0 atom stereocenters. The molecule has 1 heterocycles. The first-order valence-corrected chi connectivity index (χ1v) is 7.86. The van der Waals surface area contributed by atoms with Gasteiger partial charge in [-0.05, 0) is 36.1 Å². The van der Waals surface area contributed by atoms with Crippen LogP contribution in [0.15, 0.2) is 48.8 Å². The highest BCUT2D eigenvalue weighted by Gasteiger charge is 2.07. The number of nitrogens with zero attached hydrogens (tertiary/aromatic N) is 1. The number of nitrogens with one attached hydrogen (secondary N) is 2. The predicted molar refractivity (Wildman–Crippen MR) is 90.2 cm³/mol. The van der Waals surface area contributed by atoms with Crippen molar-refractivity contribution in [2.24, 2.45) is 0 Å². The third-order valence-electron chi connectivity index (χ3n) is 3.42. The summed E-state index contributed by atoms with van der Waals surface area (Å²) in [5.41, 5.74) is 6.73. The van der Waals surface area contributed by atoms with Gasteiger partial charge in [0.1, 0.15) is 5.75 Å². The second-order valence-corrected chi connectivity index (χ2v) is 5.21. The fourth-order valence-corrected chi connectivity index (χ4v) is 2.12. The average Bonchev–Trinajstić information content (AvgIpc) is 2.64. The normalized spacial score (nSPS) is 10.0. The van der Waals surface area contributed by atoms with Gasteiger partial charge in [-0.15, -0.1) is 0 Å². The van der Waals surface area contributed by atoms with Crippen LogP contribution in [0.3, 0.4) is 0 Å². The number of amides is 2. The third kappa shape index (κ3) is 5.72. The van der Waals surface area contributed by atoms with Gasteiger partial charge < -0.3 is 4.74 Å². The van der Waals surface area contributed by atoms with Crippen molar-refractivity contribution < 1.29 is 14.3 Å². The maximum Gasteiger partial charge on any atom is 0.276 e. The van der Waals surface area contributed by atoms with Crippen molar-refractivity contribution >= 4 is 11.8 Å². The van der Waals surface area contributed by atoms with E-state index in [1.807, 2.05) is 43.3 Å². The van der Waals surface area contributed by atoms with Crippen LogP contribution in [0.4, 0.5) is 0 Å². The molecule has 0 saturated carbocycles. The van der Waals surface area contributed by atoms with Crippen LogP contribution >= 0.6 is 0 Å². The highest BCUT2D eigenvalue weighted by atomic mass is 16.5. The first-order valence-electron chi connectivity index (χ1n) is 7.86. The fraction of sp³-hybridized carbons (Fsp3) is 0.278. The zero-order valence-corrected chi connectivity index (χ0v) is 13.6. The van der Waals surface area contributed by atoms with Gasteiger partial charge >= 0.3 is 0 Å². The molecular weight excluding hydrogens is 306 g/mol. The largest absolute Gasteiger partial charge is 0.483 e. The summed E-state index contributed by atoms with van der Waals surface area (Å²) in [5, 5.41) is 0. The molecule has 6 nitrogen and oxygen atoms in total. The van der Waals surface area contributed by atoms with Crippen molar-refractivity contribution in [2.75, 3.05) is 6.61 Å². The monoisotopic (exact) mass is 327 g/mol. The maximum atomic E-state index is 11.7. The van der Waals surface area contributed by atoms with Gasteiger partial charge in [0.05, 0.1) is 0 Å². The van der Waals surface area contributed by atoms with Crippen LogP contribution in [-0.4, -0.2) is 23.4 Å². The van der Waals surface area contributed by atoms with E-state index in [2.05, 4.69) is 15.8 Å². The van der Waals surface area contributed by atoms with E-state index < -0.39 is 5.91 Å². The maximum absolute atomic E-state index is 11.7. The number of aryl methyl sites for hydroxylation is 2. The van der Waals surface area contributed by atoms with E-state index in [0.29, 0.717) is 12.2 Å². The molecule has 0 radical (unpaired) electrons. The van der Waals surface area contributed by atoms with Gasteiger partial charge in [0.25, 0.3) is 5.91 Å². The van der Waals surface area contributed by atoms with E-state index in [4.69, 9.17) is 4.74 Å². The molecule has 126 valence electrons. The summed E-state index contributed by atoms with van der Waals surface area (Å²) in [6.45, 7) is 1.87. The summed E-state index contributed by atoms with van der Waals surface area (Å²) in [6, 6.07) is 11.3. The number of carbonyl (C=O) groups excluding carboxylic acids is 2. The first-order chi connectivity index (χ1) is 11.7. The molecule has 0 fully saturated rings. The van der Waals surface area contributed by atoms with Gasteiger partial charge in [0, 0.05) is 18.8 Å². The van der Waals surface area contributed by atoms with Crippen LogP contribution in [0.25, 0.3) is 0 Å². The number of carbonyl (C=O) groups is 2. The number of hydrazine groups is 1. The molecule has 1 aromatic carbocycles. The van der Waals surface area contributed by atoms with Crippen molar-refractivity contribution in [3.8, 4) is 5.75 Å². The highest BCUT2D eigenvalue weighted by Crippen LogP contribution is 2.17. The molecule has 0 saturated heterocycles. The molecule has 0 spiro atoms. The number of hydrogen-bond acceptors (Lipinski definition) is 4. The predicted octanol–water partition coefficient (Wildman–Crippen LogP) is 1.80. The number of aromatic nitrogens is 1. The molecule has 24 heavy (non-hydrogen) atoms. The van der Waals surface area contributed by atoms with Gasteiger partial charge in [-0.1, -0.05) is 31.2 Å². The summed E-state index contributed by atoms with van der Waals surface area (Å²) in [7, 11) is 0. The summed E-state index contributed by atoms with van der Waals surface area (Å²) in [6.07, 6.45) is 5.05. The van der Waals surface area contributed by atoms with Crippen LogP contribution in [0.5, 0.6) is 5.75 Å². The minimum Gasteiger partial charge on any atom is -0.483 e. The molecule has 0 aliphatic carbocycles. The molecular formula is C18H21N3O3. The minimum absolute atomic E-state index is 0.153. The Morgan fingerprint density at radius 2 is 1.88 bits per heavy atom. The van der Waals surface area contributed by atoms with Gasteiger partial charge in [-0.2, -0.15) is 0 Å². The summed E-state index contributed by atoms with van der Waals surface area (Å²) >= 11 is 0. The van der Waals surface area contributed by atoms with Crippen LogP contribution in [0.2, 0.25) is 0 Å². The van der Waals surface area contributed by atoms with E-state index in [1.165, 1.54) is 0 Å². The van der Waals surface area contributed by atoms with Gasteiger partial charge in [-0.3, -0.25) is 25.4 Å². The van der Waals surface area contributed by atoms with Crippen LogP contribution in [-0.2, 0) is 22.4 Å². The lowest BCUT2D eigenvalue weighted by Crippen LogP contribution is -2.43. The quantitative estimate of drug-likeness (QED) is 0.760. The number of benzene rings is 1. The van der Waals surface area contributed by atoms with Crippen molar-refractivity contribution in [2.45, 2.75) is 26.2 Å². The topological polar surface area (TPSA) is 80.3 Å². The van der Waals surface area contributed by atoms with Crippen molar-refractivity contribution in [3.05, 3.63) is 59.9 Å². The van der Waals surface area contributed by atoms with E-state index in [-0.39, 0.29) is 18.9 Å². The molecule has 2 aromatic rings. The Bertz CT molecular complexity index is 674. The summed E-state index contributed by atoms with van der Waals surface area (Å²) in [5.74, 6) is 0.00912. The second-order valence-electron chi connectivity index (χ2n) is 5.21. The molecule has 0 bridgehead atoms. The Labute approximate surface area is 141 Å². The third-order valence-corrected chi connectivity index (χ3v) is 3.42. The fourth-order valence-electron chi connectivity index (χ4n) is 2.12. The summed E-state index contributed by atoms with van der Waals surface area (Å²) in [4.78, 5) is 27.4. The standard InChI is InChI=1S/C18H21N3O3/c1-2-15-7-3-4-8-16(15)24-13-18(23)21-20-17(22)10-9-14-6-5-11-19-12-14/h3-8,11-12H,2,9-10,13H2,1H3,(H,20,22)(H,21,23). The molecule has 1 aromatic heterocycles. The number of rotatable bonds is 7. The lowest BCUT2D eigenvalue weighted by atomic mass is 10.1. The Morgan fingerprint density at radius 3 is 2.62 bits per heavy atom. The lowest BCUT2D eigenvalue weighted by molar-refractivity contribution is -0.130. The second kappa shape index (κ2) is 9.29. The molecule has 2 rings (SSSR count). The average molecular weight is 327 g/mol. The Hall–Kier alpha value is -2.89. The van der Waals surface area contributed by atoms with E-state index >= 15 is 0 Å². The van der Waals surface area contributed by atoms with E-state index in [1.54, 1.807) is 12.4 Å². The zero-order chi connectivity index (χ0) is 17.2. The molecule has 6 heteroatoms. The van der Waals surface area contributed by atoms with E-state index in [9.17, 15) is 9.59 Å². The van der Waals surface area contributed by atoms with Gasteiger partial charge in [0.2, 0.25) is 5.91 Å². The van der Waals surface area contributed by atoms with Gasteiger partial charge in [-0.25, -0.2) is 0 Å². The number of para-hydroxylation sites is 1. The first kappa shape index (κ1) is 17.5. The highest BCUT2D eigenvalue weighted by molar-refractivity contribution is 5.82. The van der Waals surface area contributed by atoms with Crippen molar-refractivity contribution in [1.82, 2.24) is 15.8 Å². The number of hydrogen-bond donors (Lipinski definition) is 2. The molecule has 0 unspecified atom stereocenters. The Kier molecular flexibility index (Phi) is 6.76. The Morgan fingerprint density at radius 1 is 1.08 bits per heavy atom. The molecule has 2 amide bonds. The Balaban J connectivity index is 1.68. The van der Waals surface area contributed by atoms with Crippen LogP contribution < -0.4 is 15.6 Å². The van der Waals surface area contributed by atoms with Gasteiger partial charge in [0.15, 0.2) is 6.61 Å². The van der Waals surface area contributed by atoms with Crippen molar-refractivity contribution in [3.63, 3.8) is 0 Å². The number of ether oxygens (including phenoxy) is 1. The molecule has 0 aliphatic heterocycles. The summed E-state index contributed by atoms with van der Waals surface area (Å²) < 4.78 is 5.48. The van der Waals surface area contributed by atoms with Crippen molar-refractivity contribution in [1.29, 1.82) is 0 Å². The molecule has 0 aliphatic rings. The zero-order valence-electron chi connectivity index (χ0n) is 13.6. The smallest absolute Gasteiger partial charge is 0.276 e. The minimum atomic E-state index is -0.407. The van der Waals surface area contributed by atoms with Crippen LogP contribution in [0, 0.1) is 0 Å². The number of pyridine rings is 1.